The average Bonchev–Trinajstić information content (AvgIpc) is 3.06. The maximum absolute atomic E-state index is 12.2. The van der Waals surface area contributed by atoms with Crippen LogP contribution in [0.1, 0.15) is 51.4 Å². The molecule has 2 fully saturated rings. The van der Waals surface area contributed by atoms with Crippen molar-refractivity contribution >= 4 is 28.2 Å². The van der Waals surface area contributed by atoms with Gasteiger partial charge in [0.15, 0.2) is 9.84 Å². The number of piperidine rings is 1. The van der Waals surface area contributed by atoms with E-state index in [1.165, 1.54) is 0 Å². The normalized spacial score (nSPS) is 20.5. The number of sulfone groups is 1. The number of hydrogen-bond donors (Lipinski definition) is 1. The molecule has 0 bridgehead atoms. The standard InChI is InChI=1S/C16H30N2O3S.ClH/c1-17-10-6-14-7-11-18(12-8-14)16(19)9-13-22(20,21)15-4-2-3-5-15;/h14-15,17H,2-13H2,1H3;1H. The number of carbonyl (C=O) groups excluding carboxylic acids is 1. The molecule has 7 heteroatoms. The number of rotatable bonds is 7. The van der Waals surface area contributed by atoms with E-state index in [9.17, 15) is 13.2 Å². The number of likely N-dealkylation sites (tertiary alicyclic amines) is 1. The quantitative estimate of drug-likeness (QED) is 0.748. The number of carbonyl (C=O) groups is 1. The van der Waals surface area contributed by atoms with E-state index in [-0.39, 0.29) is 35.7 Å². The van der Waals surface area contributed by atoms with Gasteiger partial charge in [0.25, 0.3) is 0 Å². The molecular weight excluding hydrogens is 336 g/mol. The Hall–Kier alpha value is -0.330. The molecule has 136 valence electrons. The van der Waals surface area contributed by atoms with Crippen LogP contribution >= 0.6 is 12.4 Å². The van der Waals surface area contributed by atoms with E-state index in [4.69, 9.17) is 0 Å². The first-order valence-electron chi connectivity index (χ1n) is 8.67. The lowest BCUT2D eigenvalue weighted by Gasteiger charge is -2.32. The summed E-state index contributed by atoms with van der Waals surface area (Å²) < 4.78 is 24.4. The first-order valence-corrected chi connectivity index (χ1v) is 10.4. The predicted octanol–water partition coefficient (Wildman–Crippen LogP) is 2.00. The Balaban J connectivity index is 0.00000264. The Morgan fingerprint density at radius 2 is 1.74 bits per heavy atom. The van der Waals surface area contributed by atoms with E-state index < -0.39 is 9.84 Å². The number of nitrogens with zero attached hydrogens (tertiary/aromatic N) is 1. The third-order valence-electron chi connectivity index (χ3n) is 5.18. The minimum Gasteiger partial charge on any atom is -0.343 e. The zero-order valence-corrected chi connectivity index (χ0v) is 15.8. The fourth-order valence-electron chi connectivity index (χ4n) is 3.62. The average molecular weight is 367 g/mol. The van der Waals surface area contributed by atoms with E-state index >= 15 is 0 Å². The van der Waals surface area contributed by atoms with Gasteiger partial charge in [-0.05, 0) is 51.6 Å². The van der Waals surface area contributed by atoms with Gasteiger partial charge in [-0.25, -0.2) is 8.42 Å². The Labute approximate surface area is 146 Å². The molecule has 0 atom stereocenters. The molecular formula is C16H31ClN2O3S. The molecule has 1 saturated heterocycles. The second-order valence-electron chi connectivity index (χ2n) is 6.74. The van der Waals surface area contributed by atoms with E-state index in [0.29, 0.717) is 5.92 Å². The molecule has 1 aliphatic heterocycles. The Kier molecular flexibility index (Phi) is 8.86. The van der Waals surface area contributed by atoms with Crippen molar-refractivity contribution in [2.24, 2.45) is 5.92 Å². The van der Waals surface area contributed by atoms with Crippen LogP contribution in [0.5, 0.6) is 0 Å². The van der Waals surface area contributed by atoms with Crippen molar-refractivity contribution in [1.29, 1.82) is 0 Å². The summed E-state index contributed by atoms with van der Waals surface area (Å²) in [6.07, 6.45) is 7.01. The summed E-state index contributed by atoms with van der Waals surface area (Å²) >= 11 is 0. The first kappa shape index (κ1) is 20.7. The van der Waals surface area contributed by atoms with Gasteiger partial charge in [0, 0.05) is 19.5 Å². The van der Waals surface area contributed by atoms with E-state index in [1.807, 2.05) is 11.9 Å². The topological polar surface area (TPSA) is 66.5 Å². The molecule has 0 spiro atoms. The van der Waals surface area contributed by atoms with Crippen molar-refractivity contribution in [1.82, 2.24) is 10.2 Å². The minimum absolute atomic E-state index is 0. The maximum Gasteiger partial charge on any atom is 0.223 e. The molecule has 0 radical (unpaired) electrons. The summed E-state index contributed by atoms with van der Waals surface area (Å²) in [7, 11) is -1.11. The summed E-state index contributed by atoms with van der Waals surface area (Å²) in [6.45, 7) is 2.60. The van der Waals surface area contributed by atoms with Gasteiger partial charge in [0.2, 0.25) is 5.91 Å². The molecule has 0 aromatic carbocycles. The van der Waals surface area contributed by atoms with Crippen LogP contribution in [0, 0.1) is 5.92 Å². The number of hydrogen-bond acceptors (Lipinski definition) is 4. The van der Waals surface area contributed by atoms with Gasteiger partial charge in [-0.3, -0.25) is 4.79 Å². The van der Waals surface area contributed by atoms with Gasteiger partial charge in [-0.1, -0.05) is 12.8 Å². The summed E-state index contributed by atoms with van der Waals surface area (Å²) in [6, 6.07) is 0. The monoisotopic (exact) mass is 366 g/mol. The van der Waals surface area contributed by atoms with Gasteiger partial charge >= 0.3 is 0 Å². The predicted molar refractivity (Wildman–Crippen MR) is 95.8 cm³/mol. The second-order valence-corrected chi connectivity index (χ2v) is 9.14. The van der Waals surface area contributed by atoms with E-state index in [1.54, 1.807) is 0 Å². The summed E-state index contributed by atoms with van der Waals surface area (Å²) in [5.74, 6) is 0.753. The van der Waals surface area contributed by atoms with E-state index in [0.717, 1.165) is 64.6 Å². The lowest BCUT2D eigenvalue weighted by atomic mass is 9.93. The zero-order valence-electron chi connectivity index (χ0n) is 14.1. The summed E-state index contributed by atoms with van der Waals surface area (Å²) in [5, 5.41) is 2.98. The molecule has 1 amide bonds. The van der Waals surface area contributed by atoms with Crippen molar-refractivity contribution in [3.05, 3.63) is 0 Å². The summed E-state index contributed by atoms with van der Waals surface area (Å²) in [4.78, 5) is 14.1. The number of halogens is 1. The van der Waals surface area contributed by atoms with Crippen LogP contribution in [-0.2, 0) is 14.6 Å². The molecule has 1 aliphatic carbocycles. The van der Waals surface area contributed by atoms with Crippen molar-refractivity contribution in [2.45, 2.75) is 56.6 Å². The highest BCUT2D eigenvalue weighted by molar-refractivity contribution is 7.92. The molecule has 0 aromatic rings. The summed E-state index contributed by atoms with van der Waals surface area (Å²) in [5.41, 5.74) is 0. The molecule has 0 unspecified atom stereocenters. The highest BCUT2D eigenvalue weighted by atomic mass is 35.5. The molecule has 0 aromatic heterocycles. The lowest BCUT2D eigenvalue weighted by molar-refractivity contribution is -0.132. The third kappa shape index (κ3) is 6.24. The smallest absolute Gasteiger partial charge is 0.223 e. The second kappa shape index (κ2) is 9.84. The highest BCUT2D eigenvalue weighted by Crippen LogP contribution is 2.26. The van der Waals surface area contributed by atoms with Gasteiger partial charge in [0.05, 0.1) is 11.0 Å². The van der Waals surface area contributed by atoms with E-state index in [2.05, 4.69) is 5.32 Å². The van der Waals surface area contributed by atoms with Gasteiger partial charge in [-0.15, -0.1) is 12.4 Å². The maximum atomic E-state index is 12.2. The fraction of sp³-hybridized carbons (Fsp3) is 0.938. The van der Waals surface area contributed by atoms with Crippen LogP contribution in [0.2, 0.25) is 0 Å². The van der Waals surface area contributed by atoms with Crippen LogP contribution in [0.4, 0.5) is 0 Å². The minimum atomic E-state index is -3.07. The van der Waals surface area contributed by atoms with Crippen molar-refractivity contribution in [3.8, 4) is 0 Å². The molecule has 23 heavy (non-hydrogen) atoms. The van der Waals surface area contributed by atoms with Gasteiger partial charge in [-0.2, -0.15) is 0 Å². The van der Waals surface area contributed by atoms with Crippen LogP contribution in [0.15, 0.2) is 0 Å². The first-order chi connectivity index (χ1) is 10.5. The Bertz CT molecular complexity index is 456. The SMILES string of the molecule is CNCCC1CCN(C(=O)CCS(=O)(=O)C2CCCC2)CC1.Cl. The number of nitrogens with one attached hydrogen (secondary N) is 1. The van der Waals surface area contributed by atoms with Crippen LogP contribution in [0.3, 0.4) is 0 Å². The molecule has 5 nitrogen and oxygen atoms in total. The lowest BCUT2D eigenvalue weighted by Crippen LogP contribution is -2.39. The van der Waals surface area contributed by atoms with Gasteiger partial charge < -0.3 is 10.2 Å². The van der Waals surface area contributed by atoms with Crippen molar-refractivity contribution in [2.75, 3.05) is 32.4 Å². The van der Waals surface area contributed by atoms with Gasteiger partial charge in [0.1, 0.15) is 0 Å². The Morgan fingerprint density at radius 3 is 2.30 bits per heavy atom. The molecule has 1 heterocycles. The number of amides is 1. The molecule has 2 rings (SSSR count). The largest absolute Gasteiger partial charge is 0.343 e. The molecule has 1 N–H and O–H groups in total. The van der Waals surface area contributed by atoms with Crippen molar-refractivity contribution < 1.29 is 13.2 Å². The fourth-order valence-corrected chi connectivity index (χ4v) is 5.47. The molecule has 1 saturated carbocycles. The zero-order chi connectivity index (χ0) is 16.0. The highest BCUT2D eigenvalue weighted by Gasteiger charge is 2.30. The third-order valence-corrected chi connectivity index (χ3v) is 7.44. The van der Waals surface area contributed by atoms with Crippen LogP contribution < -0.4 is 5.32 Å². The van der Waals surface area contributed by atoms with Crippen LogP contribution in [-0.4, -0.2) is 56.9 Å². The Morgan fingerprint density at radius 1 is 1.13 bits per heavy atom. The molecule has 2 aliphatic rings. The van der Waals surface area contributed by atoms with Crippen molar-refractivity contribution in [3.63, 3.8) is 0 Å². The van der Waals surface area contributed by atoms with Crippen LogP contribution in [0.25, 0.3) is 0 Å².